The van der Waals surface area contributed by atoms with E-state index in [1.807, 2.05) is 18.2 Å². The van der Waals surface area contributed by atoms with Crippen LogP contribution in [0.1, 0.15) is 48.0 Å². The Bertz CT molecular complexity index is 464. The molecule has 2 aliphatic rings. The molecule has 102 valence electrons. The lowest BCUT2D eigenvalue weighted by molar-refractivity contribution is 0.0951. The van der Waals surface area contributed by atoms with Crippen molar-refractivity contribution in [3.8, 4) is 0 Å². The minimum Gasteiger partial charge on any atom is -0.384 e. The molecule has 3 heteroatoms. The molecule has 0 unspecified atom stereocenters. The number of rotatable bonds is 4. The molecule has 0 spiro atoms. The van der Waals surface area contributed by atoms with Crippen LogP contribution in [0.5, 0.6) is 0 Å². The summed E-state index contributed by atoms with van der Waals surface area (Å²) in [6, 6.07) is 5.97. The van der Waals surface area contributed by atoms with E-state index < -0.39 is 0 Å². The molecule has 2 N–H and O–H groups in total. The highest BCUT2D eigenvalue weighted by molar-refractivity contribution is 5.95. The van der Waals surface area contributed by atoms with Gasteiger partial charge < -0.3 is 10.6 Å². The maximum Gasteiger partial charge on any atom is 0.251 e. The highest BCUT2D eigenvalue weighted by Crippen LogP contribution is 2.27. The molecule has 0 radical (unpaired) electrons. The van der Waals surface area contributed by atoms with Crippen molar-refractivity contribution in [3.63, 3.8) is 0 Å². The normalized spacial score (nSPS) is 18.1. The number of nitrogens with one attached hydrogen (secondary N) is 2. The van der Waals surface area contributed by atoms with E-state index in [1.54, 1.807) is 0 Å². The van der Waals surface area contributed by atoms with Crippen molar-refractivity contribution in [2.24, 2.45) is 5.92 Å². The fraction of sp³-hybridized carbons (Fsp3) is 0.562. The van der Waals surface area contributed by atoms with E-state index in [9.17, 15) is 4.79 Å². The van der Waals surface area contributed by atoms with Crippen LogP contribution in [0.15, 0.2) is 18.2 Å². The predicted octanol–water partition coefficient (Wildman–Crippen LogP) is 2.96. The van der Waals surface area contributed by atoms with Crippen LogP contribution >= 0.6 is 0 Å². The molecule has 0 saturated heterocycles. The largest absolute Gasteiger partial charge is 0.384 e. The molecule has 1 aromatic carbocycles. The lowest BCUT2D eigenvalue weighted by atomic mass is 10.0. The Morgan fingerprint density at radius 2 is 2.16 bits per heavy atom. The highest BCUT2D eigenvalue weighted by atomic mass is 16.1. The van der Waals surface area contributed by atoms with Crippen molar-refractivity contribution in [3.05, 3.63) is 29.3 Å². The number of fused-ring (bicyclic) bond motifs is 1. The Kier molecular flexibility index (Phi) is 3.72. The summed E-state index contributed by atoms with van der Waals surface area (Å²) >= 11 is 0. The van der Waals surface area contributed by atoms with Crippen molar-refractivity contribution in [2.45, 2.75) is 38.5 Å². The van der Waals surface area contributed by atoms with E-state index >= 15 is 0 Å². The van der Waals surface area contributed by atoms with Crippen LogP contribution in [0, 0.1) is 5.92 Å². The predicted molar refractivity (Wildman–Crippen MR) is 77.5 cm³/mol. The number of carbonyl (C=O) groups is 1. The Hall–Kier alpha value is -1.51. The summed E-state index contributed by atoms with van der Waals surface area (Å²) in [5.74, 6) is 0.914. The Morgan fingerprint density at radius 3 is 3.00 bits per heavy atom. The first-order chi connectivity index (χ1) is 9.33. The standard InChI is InChI=1S/C16H22N2O/c19-16(18-9-7-12-3-1-2-4-12)14-5-6-15-13(11-14)8-10-17-15/h5-6,11-12,17H,1-4,7-10H2,(H,18,19). The Balaban J connectivity index is 1.52. The molecule has 1 fully saturated rings. The number of hydrogen-bond donors (Lipinski definition) is 2. The Labute approximate surface area is 114 Å². The fourth-order valence-electron chi connectivity index (χ4n) is 3.24. The number of amides is 1. The summed E-state index contributed by atoms with van der Waals surface area (Å²) < 4.78 is 0. The van der Waals surface area contributed by atoms with Gasteiger partial charge in [-0.15, -0.1) is 0 Å². The van der Waals surface area contributed by atoms with Gasteiger partial charge in [-0.1, -0.05) is 25.7 Å². The molecule has 1 aliphatic heterocycles. The van der Waals surface area contributed by atoms with Crippen molar-refractivity contribution in [2.75, 3.05) is 18.4 Å². The van der Waals surface area contributed by atoms with Gasteiger partial charge in [-0.3, -0.25) is 4.79 Å². The molecule has 3 nitrogen and oxygen atoms in total. The molecule has 1 saturated carbocycles. The number of anilines is 1. The van der Waals surface area contributed by atoms with Crippen molar-refractivity contribution in [1.82, 2.24) is 5.32 Å². The minimum absolute atomic E-state index is 0.0766. The third-order valence-electron chi connectivity index (χ3n) is 4.39. The molecule has 3 rings (SSSR count). The van der Waals surface area contributed by atoms with Crippen molar-refractivity contribution in [1.29, 1.82) is 0 Å². The van der Waals surface area contributed by atoms with E-state index in [0.29, 0.717) is 0 Å². The summed E-state index contributed by atoms with van der Waals surface area (Å²) in [6.45, 7) is 1.81. The van der Waals surface area contributed by atoms with Crippen molar-refractivity contribution < 1.29 is 4.79 Å². The highest BCUT2D eigenvalue weighted by Gasteiger charge is 2.16. The zero-order chi connectivity index (χ0) is 13.1. The van der Waals surface area contributed by atoms with E-state index in [4.69, 9.17) is 0 Å². The molecule has 19 heavy (non-hydrogen) atoms. The first-order valence-electron chi connectivity index (χ1n) is 7.48. The van der Waals surface area contributed by atoms with Gasteiger partial charge in [0.05, 0.1) is 0 Å². The molecule has 1 aromatic rings. The first kappa shape index (κ1) is 12.5. The van der Waals surface area contributed by atoms with Crippen molar-refractivity contribution >= 4 is 11.6 Å². The van der Waals surface area contributed by atoms with Crippen LogP contribution in [0.2, 0.25) is 0 Å². The number of carbonyl (C=O) groups excluding carboxylic acids is 1. The molecule has 1 heterocycles. The van der Waals surface area contributed by atoms with Crippen LogP contribution in [0.3, 0.4) is 0 Å². The average Bonchev–Trinajstić information content (AvgIpc) is 3.08. The zero-order valence-corrected chi connectivity index (χ0v) is 11.4. The van der Waals surface area contributed by atoms with Crippen LogP contribution in [-0.4, -0.2) is 19.0 Å². The third-order valence-corrected chi connectivity index (χ3v) is 4.39. The van der Waals surface area contributed by atoms with Gasteiger partial charge in [0.1, 0.15) is 0 Å². The quantitative estimate of drug-likeness (QED) is 0.871. The molecular weight excluding hydrogens is 236 g/mol. The first-order valence-corrected chi connectivity index (χ1v) is 7.48. The number of benzene rings is 1. The summed E-state index contributed by atoms with van der Waals surface area (Å²) in [4.78, 5) is 12.1. The van der Waals surface area contributed by atoms with E-state index in [1.165, 1.54) is 36.9 Å². The van der Waals surface area contributed by atoms with Gasteiger partial charge in [0, 0.05) is 24.3 Å². The summed E-state index contributed by atoms with van der Waals surface area (Å²) in [6.07, 6.45) is 7.60. The van der Waals surface area contributed by atoms with Gasteiger partial charge in [-0.2, -0.15) is 0 Å². The lowest BCUT2D eigenvalue weighted by Crippen LogP contribution is -2.25. The minimum atomic E-state index is 0.0766. The topological polar surface area (TPSA) is 41.1 Å². The SMILES string of the molecule is O=C(NCCC1CCCC1)c1ccc2c(c1)CCN2. The number of hydrogen-bond acceptors (Lipinski definition) is 2. The Morgan fingerprint density at radius 1 is 1.32 bits per heavy atom. The van der Waals surface area contributed by atoms with E-state index in [-0.39, 0.29) is 5.91 Å². The molecular formula is C16H22N2O. The lowest BCUT2D eigenvalue weighted by Gasteiger charge is -2.10. The maximum atomic E-state index is 12.1. The van der Waals surface area contributed by atoms with Gasteiger partial charge in [0.15, 0.2) is 0 Å². The summed E-state index contributed by atoms with van der Waals surface area (Å²) in [5.41, 5.74) is 3.25. The van der Waals surface area contributed by atoms with E-state index in [2.05, 4.69) is 10.6 Å². The van der Waals surface area contributed by atoms with Gasteiger partial charge >= 0.3 is 0 Å². The smallest absolute Gasteiger partial charge is 0.251 e. The molecule has 0 bridgehead atoms. The van der Waals surface area contributed by atoms with Gasteiger partial charge in [0.2, 0.25) is 0 Å². The van der Waals surface area contributed by atoms with Gasteiger partial charge in [-0.25, -0.2) is 0 Å². The fourth-order valence-corrected chi connectivity index (χ4v) is 3.24. The average molecular weight is 258 g/mol. The van der Waals surface area contributed by atoms with Crippen LogP contribution in [-0.2, 0) is 6.42 Å². The molecule has 1 aliphatic carbocycles. The maximum absolute atomic E-state index is 12.1. The summed E-state index contributed by atoms with van der Waals surface area (Å²) in [5, 5.41) is 6.37. The second-order valence-corrected chi connectivity index (χ2v) is 5.74. The third kappa shape index (κ3) is 2.91. The monoisotopic (exact) mass is 258 g/mol. The molecule has 1 amide bonds. The molecule has 0 atom stereocenters. The van der Waals surface area contributed by atoms with Crippen LogP contribution < -0.4 is 10.6 Å². The zero-order valence-electron chi connectivity index (χ0n) is 11.4. The second kappa shape index (κ2) is 5.64. The van der Waals surface area contributed by atoms with Gasteiger partial charge in [-0.05, 0) is 42.5 Å². The van der Waals surface area contributed by atoms with Crippen LogP contribution in [0.4, 0.5) is 5.69 Å². The van der Waals surface area contributed by atoms with Crippen LogP contribution in [0.25, 0.3) is 0 Å². The van der Waals surface area contributed by atoms with E-state index in [0.717, 1.165) is 37.4 Å². The molecule has 0 aromatic heterocycles. The second-order valence-electron chi connectivity index (χ2n) is 5.74. The van der Waals surface area contributed by atoms with Gasteiger partial charge in [0.25, 0.3) is 5.91 Å². The summed E-state index contributed by atoms with van der Waals surface area (Å²) in [7, 11) is 0.